The summed E-state index contributed by atoms with van der Waals surface area (Å²) in [6.07, 6.45) is 3.47. The molecule has 1 nitrogen and oxygen atoms in total. The molecule has 0 radical (unpaired) electrons. The molecule has 2 atom stereocenters. The first kappa shape index (κ1) is 9.72. The molecule has 0 aromatic heterocycles. The van der Waals surface area contributed by atoms with Gasteiger partial charge in [0.25, 0.3) is 0 Å². The Bertz CT molecular complexity index is 315. The minimum atomic E-state index is 0.158. The van der Waals surface area contributed by atoms with E-state index in [1.807, 2.05) is 0 Å². The molecule has 0 aliphatic heterocycles. The molecule has 1 aliphatic rings. The first-order valence-electron chi connectivity index (χ1n) is 5.44. The third kappa shape index (κ3) is 1.98. The van der Waals surface area contributed by atoms with E-state index >= 15 is 0 Å². The van der Waals surface area contributed by atoms with E-state index in [4.69, 9.17) is 5.73 Å². The van der Waals surface area contributed by atoms with Crippen LogP contribution in [-0.2, 0) is 6.42 Å². The summed E-state index contributed by atoms with van der Waals surface area (Å²) in [5.74, 6) is 0.730. The normalized spacial score (nSPS) is 30.4. The van der Waals surface area contributed by atoms with Crippen molar-refractivity contribution in [2.45, 2.75) is 38.6 Å². The van der Waals surface area contributed by atoms with Crippen molar-refractivity contribution in [1.29, 1.82) is 0 Å². The molecular weight excluding hydrogens is 170 g/mol. The van der Waals surface area contributed by atoms with E-state index in [0.717, 1.165) is 18.8 Å². The second-order valence-electron chi connectivity index (χ2n) is 4.82. The summed E-state index contributed by atoms with van der Waals surface area (Å²) in [5, 5.41) is 0. The van der Waals surface area contributed by atoms with Gasteiger partial charge in [0.15, 0.2) is 0 Å². The van der Waals surface area contributed by atoms with Crippen LogP contribution in [0.2, 0.25) is 0 Å². The van der Waals surface area contributed by atoms with Gasteiger partial charge < -0.3 is 5.73 Å². The molecule has 0 heterocycles. The largest absolute Gasteiger partial charge is 0.325 e. The van der Waals surface area contributed by atoms with Gasteiger partial charge >= 0.3 is 0 Å². The van der Waals surface area contributed by atoms with Crippen LogP contribution in [0.1, 0.15) is 30.9 Å². The van der Waals surface area contributed by atoms with Gasteiger partial charge in [-0.05, 0) is 37.7 Å². The fourth-order valence-electron chi connectivity index (χ4n) is 1.99. The maximum absolute atomic E-state index is 6.17. The molecule has 1 fully saturated rings. The Morgan fingerprint density at radius 1 is 1.36 bits per heavy atom. The molecule has 1 saturated carbocycles. The van der Waals surface area contributed by atoms with Crippen LogP contribution in [0.4, 0.5) is 0 Å². The number of aryl methyl sites for hydroxylation is 2. The van der Waals surface area contributed by atoms with Gasteiger partial charge in [-0.25, -0.2) is 0 Å². The fraction of sp³-hybridized carbons (Fsp3) is 0.538. The minimum Gasteiger partial charge on any atom is -0.325 e. The zero-order valence-corrected chi connectivity index (χ0v) is 9.09. The molecule has 2 N–H and O–H groups in total. The van der Waals surface area contributed by atoms with Crippen LogP contribution < -0.4 is 5.73 Å². The monoisotopic (exact) mass is 189 g/mol. The van der Waals surface area contributed by atoms with E-state index in [9.17, 15) is 0 Å². The van der Waals surface area contributed by atoms with Crippen molar-refractivity contribution >= 4 is 0 Å². The second kappa shape index (κ2) is 3.39. The summed E-state index contributed by atoms with van der Waals surface area (Å²) >= 11 is 0. The Balaban J connectivity index is 1.89. The number of benzene rings is 1. The maximum atomic E-state index is 6.17. The highest BCUT2D eigenvalue weighted by atomic mass is 14.8. The summed E-state index contributed by atoms with van der Waals surface area (Å²) in [7, 11) is 0. The lowest BCUT2D eigenvalue weighted by molar-refractivity contribution is 0.565. The van der Waals surface area contributed by atoms with Crippen molar-refractivity contribution in [1.82, 2.24) is 0 Å². The highest BCUT2D eigenvalue weighted by Crippen LogP contribution is 2.43. The van der Waals surface area contributed by atoms with Crippen molar-refractivity contribution in [3.8, 4) is 0 Å². The van der Waals surface area contributed by atoms with Crippen LogP contribution in [0.5, 0.6) is 0 Å². The molecule has 1 heteroatoms. The number of hydrogen-bond acceptors (Lipinski definition) is 1. The Morgan fingerprint density at radius 2 is 1.93 bits per heavy atom. The molecule has 14 heavy (non-hydrogen) atoms. The quantitative estimate of drug-likeness (QED) is 0.777. The van der Waals surface area contributed by atoms with E-state index in [-0.39, 0.29) is 5.54 Å². The smallest absolute Gasteiger partial charge is 0.0187 e. The number of nitrogens with two attached hydrogens (primary N) is 1. The summed E-state index contributed by atoms with van der Waals surface area (Å²) < 4.78 is 0. The van der Waals surface area contributed by atoms with E-state index in [0.29, 0.717) is 0 Å². The van der Waals surface area contributed by atoms with Gasteiger partial charge in [-0.2, -0.15) is 0 Å². The Kier molecular flexibility index (Phi) is 2.36. The Hall–Kier alpha value is -0.820. The summed E-state index contributed by atoms with van der Waals surface area (Å²) in [6, 6.07) is 8.78. The van der Waals surface area contributed by atoms with Crippen LogP contribution in [0, 0.1) is 12.8 Å². The average molecular weight is 189 g/mol. The first-order chi connectivity index (χ1) is 6.60. The van der Waals surface area contributed by atoms with Crippen LogP contribution in [0.3, 0.4) is 0 Å². The standard InChI is InChI=1S/C13H19N/c1-10-3-5-12(6-4-10)7-8-13(14)9-11(13)2/h3-6,11H,7-9,14H2,1-2H3. The van der Waals surface area contributed by atoms with E-state index in [1.165, 1.54) is 17.5 Å². The topological polar surface area (TPSA) is 26.0 Å². The maximum Gasteiger partial charge on any atom is 0.0187 e. The summed E-state index contributed by atoms with van der Waals surface area (Å²) in [6.45, 7) is 4.37. The molecule has 1 aromatic carbocycles. The lowest BCUT2D eigenvalue weighted by Gasteiger charge is -2.09. The Labute approximate surface area is 86.3 Å². The van der Waals surface area contributed by atoms with Crippen LogP contribution in [-0.4, -0.2) is 5.54 Å². The van der Waals surface area contributed by atoms with Crippen molar-refractivity contribution in [3.63, 3.8) is 0 Å². The molecule has 0 spiro atoms. The number of hydrogen-bond donors (Lipinski definition) is 1. The predicted octanol–water partition coefficient (Wildman–Crippen LogP) is 2.66. The minimum absolute atomic E-state index is 0.158. The number of rotatable bonds is 3. The first-order valence-corrected chi connectivity index (χ1v) is 5.44. The molecule has 1 aromatic rings. The lowest BCUT2D eigenvalue weighted by Crippen LogP contribution is -2.24. The van der Waals surface area contributed by atoms with Crippen molar-refractivity contribution < 1.29 is 0 Å². The highest BCUT2D eigenvalue weighted by molar-refractivity contribution is 5.22. The second-order valence-corrected chi connectivity index (χ2v) is 4.82. The zero-order chi connectivity index (χ0) is 10.2. The third-order valence-electron chi connectivity index (χ3n) is 3.51. The van der Waals surface area contributed by atoms with Crippen LogP contribution >= 0.6 is 0 Å². The van der Waals surface area contributed by atoms with Gasteiger partial charge in [0, 0.05) is 5.54 Å². The van der Waals surface area contributed by atoms with E-state index < -0.39 is 0 Å². The van der Waals surface area contributed by atoms with Crippen molar-refractivity contribution in [2.24, 2.45) is 11.7 Å². The van der Waals surface area contributed by atoms with Gasteiger partial charge in [0.2, 0.25) is 0 Å². The van der Waals surface area contributed by atoms with Gasteiger partial charge in [-0.15, -0.1) is 0 Å². The van der Waals surface area contributed by atoms with Gasteiger partial charge in [0.1, 0.15) is 0 Å². The molecule has 76 valence electrons. The summed E-state index contributed by atoms with van der Waals surface area (Å²) in [5.41, 5.74) is 9.07. The molecule has 0 saturated heterocycles. The molecule has 2 rings (SSSR count). The molecule has 0 amide bonds. The zero-order valence-electron chi connectivity index (χ0n) is 9.09. The SMILES string of the molecule is Cc1ccc(CCC2(N)CC2C)cc1. The van der Waals surface area contributed by atoms with Gasteiger partial charge in [-0.1, -0.05) is 36.8 Å². The predicted molar refractivity (Wildman–Crippen MR) is 60.2 cm³/mol. The van der Waals surface area contributed by atoms with Crippen LogP contribution in [0.25, 0.3) is 0 Å². The van der Waals surface area contributed by atoms with Crippen molar-refractivity contribution in [3.05, 3.63) is 35.4 Å². The van der Waals surface area contributed by atoms with Gasteiger partial charge in [0.05, 0.1) is 0 Å². The summed E-state index contributed by atoms with van der Waals surface area (Å²) in [4.78, 5) is 0. The highest BCUT2D eigenvalue weighted by Gasteiger charge is 2.46. The van der Waals surface area contributed by atoms with Crippen molar-refractivity contribution in [2.75, 3.05) is 0 Å². The van der Waals surface area contributed by atoms with E-state index in [2.05, 4.69) is 38.1 Å². The lowest BCUT2D eigenvalue weighted by atomic mass is 10.0. The van der Waals surface area contributed by atoms with Crippen LogP contribution in [0.15, 0.2) is 24.3 Å². The molecule has 0 bridgehead atoms. The third-order valence-corrected chi connectivity index (χ3v) is 3.51. The molecule has 1 aliphatic carbocycles. The average Bonchev–Trinajstić information content (AvgIpc) is 2.74. The fourth-order valence-corrected chi connectivity index (χ4v) is 1.99. The Morgan fingerprint density at radius 3 is 2.43 bits per heavy atom. The van der Waals surface area contributed by atoms with Gasteiger partial charge in [-0.3, -0.25) is 0 Å². The molecular formula is C13H19N. The molecule has 2 unspecified atom stereocenters. The van der Waals surface area contributed by atoms with E-state index in [1.54, 1.807) is 0 Å².